The van der Waals surface area contributed by atoms with Crippen LogP contribution in [-0.2, 0) is 4.79 Å². The number of carbonyl (C=O) groups is 1. The van der Waals surface area contributed by atoms with E-state index < -0.39 is 5.97 Å². The molecule has 0 aliphatic carbocycles. The Morgan fingerprint density at radius 1 is 1.08 bits per heavy atom. The molecule has 0 saturated carbocycles. The van der Waals surface area contributed by atoms with E-state index in [2.05, 4.69) is 0 Å². The number of ether oxygens (including phenoxy) is 3. The van der Waals surface area contributed by atoms with E-state index in [1.165, 1.54) is 6.08 Å². The van der Waals surface area contributed by atoms with Crippen molar-refractivity contribution in [3.8, 4) is 23.3 Å². The van der Waals surface area contributed by atoms with E-state index >= 15 is 0 Å². The van der Waals surface area contributed by atoms with Crippen molar-refractivity contribution in [1.29, 1.82) is 5.26 Å². The van der Waals surface area contributed by atoms with E-state index in [-0.39, 0.29) is 5.57 Å². The largest absolute Gasteiger partial charge is 0.490 e. The fourth-order valence-corrected chi connectivity index (χ4v) is 2.14. The van der Waals surface area contributed by atoms with Crippen LogP contribution in [0.15, 0.2) is 54.1 Å². The molecule has 1 N–H and O–H groups in total. The minimum absolute atomic E-state index is 0.322. The molecule has 0 atom stereocenters. The zero-order valence-electron chi connectivity index (χ0n) is 14.3. The third-order valence-electron chi connectivity index (χ3n) is 3.28. The van der Waals surface area contributed by atoms with E-state index in [9.17, 15) is 4.79 Å². The Hall–Kier alpha value is -3.46. The number of para-hydroxylation sites is 1. The Morgan fingerprint density at radius 2 is 1.81 bits per heavy atom. The van der Waals surface area contributed by atoms with Crippen LogP contribution in [0.1, 0.15) is 12.5 Å². The van der Waals surface area contributed by atoms with Crippen LogP contribution >= 0.6 is 0 Å². The Kier molecular flexibility index (Phi) is 7.07. The molecule has 0 spiro atoms. The van der Waals surface area contributed by atoms with Crippen LogP contribution in [0.4, 0.5) is 0 Å². The monoisotopic (exact) mass is 353 g/mol. The molecule has 134 valence electrons. The first kappa shape index (κ1) is 18.9. The number of nitrogens with zero attached hydrogens (tertiary/aromatic N) is 1. The van der Waals surface area contributed by atoms with Crippen LogP contribution in [0.25, 0.3) is 6.08 Å². The Balaban J connectivity index is 2.03. The van der Waals surface area contributed by atoms with E-state index in [0.29, 0.717) is 36.9 Å². The molecule has 0 radical (unpaired) electrons. The topological polar surface area (TPSA) is 88.8 Å². The second-order valence-corrected chi connectivity index (χ2v) is 5.12. The van der Waals surface area contributed by atoms with E-state index in [1.54, 1.807) is 24.3 Å². The number of hydrogen-bond acceptors (Lipinski definition) is 5. The summed E-state index contributed by atoms with van der Waals surface area (Å²) >= 11 is 0. The van der Waals surface area contributed by atoms with Gasteiger partial charge in [-0.3, -0.25) is 0 Å². The zero-order valence-corrected chi connectivity index (χ0v) is 14.3. The molecule has 0 aliphatic rings. The van der Waals surface area contributed by atoms with Crippen LogP contribution in [-0.4, -0.2) is 30.9 Å². The molecular weight excluding hydrogens is 334 g/mol. The quantitative estimate of drug-likeness (QED) is 0.421. The SMILES string of the molecule is CCOc1cc(C=C(C#N)C(=O)O)ccc1OCCOc1ccccc1. The standard InChI is InChI=1S/C20H19NO5/c1-2-24-19-13-15(12-16(14-21)20(22)23)8-9-18(19)26-11-10-25-17-6-4-3-5-7-17/h3-9,12-13H,2,10-11H2,1H3,(H,22,23). The summed E-state index contributed by atoms with van der Waals surface area (Å²) in [5, 5.41) is 17.8. The predicted octanol–water partition coefficient (Wildman–Crippen LogP) is 3.53. The smallest absolute Gasteiger partial charge is 0.346 e. The molecule has 0 aromatic heterocycles. The number of aliphatic carboxylic acids is 1. The summed E-state index contributed by atoms with van der Waals surface area (Å²) in [6, 6.07) is 16.0. The molecule has 0 fully saturated rings. The third kappa shape index (κ3) is 5.56. The lowest BCUT2D eigenvalue weighted by Gasteiger charge is -2.13. The van der Waals surface area contributed by atoms with Gasteiger partial charge in [-0.25, -0.2) is 4.79 Å². The van der Waals surface area contributed by atoms with Crippen LogP contribution in [0.5, 0.6) is 17.2 Å². The van der Waals surface area contributed by atoms with Gasteiger partial charge < -0.3 is 19.3 Å². The Labute approximate surface area is 151 Å². The number of rotatable bonds is 9. The van der Waals surface area contributed by atoms with Gasteiger partial charge in [-0.05, 0) is 42.8 Å². The van der Waals surface area contributed by atoms with Gasteiger partial charge in [0.1, 0.15) is 30.6 Å². The average Bonchev–Trinajstić information content (AvgIpc) is 2.65. The summed E-state index contributed by atoms with van der Waals surface area (Å²) in [5.41, 5.74) is 0.192. The van der Waals surface area contributed by atoms with Crippen molar-refractivity contribution in [3.63, 3.8) is 0 Å². The van der Waals surface area contributed by atoms with Gasteiger partial charge in [0.25, 0.3) is 0 Å². The number of benzene rings is 2. The number of hydrogen-bond donors (Lipinski definition) is 1. The molecule has 0 amide bonds. The second kappa shape index (κ2) is 9.74. The maximum absolute atomic E-state index is 10.9. The number of carboxylic acid groups (broad SMARTS) is 1. The summed E-state index contributed by atoms with van der Waals surface area (Å²) in [4.78, 5) is 10.9. The maximum atomic E-state index is 10.9. The average molecular weight is 353 g/mol. The van der Waals surface area contributed by atoms with Crippen molar-refractivity contribution < 1.29 is 24.1 Å². The summed E-state index contributed by atoms with van der Waals surface area (Å²) in [7, 11) is 0. The van der Waals surface area contributed by atoms with Gasteiger partial charge in [-0.1, -0.05) is 24.3 Å². The molecule has 26 heavy (non-hydrogen) atoms. The first-order valence-electron chi connectivity index (χ1n) is 8.06. The molecule has 0 bridgehead atoms. The van der Waals surface area contributed by atoms with Gasteiger partial charge in [0, 0.05) is 0 Å². The van der Waals surface area contributed by atoms with Gasteiger partial charge in [0.2, 0.25) is 0 Å². The second-order valence-electron chi connectivity index (χ2n) is 5.12. The maximum Gasteiger partial charge on any atom is 0.346 e. The van der Waals surface area contributed by atoms with Gasteiger partial charge in [-0.2, -0.15) is 5.26 Å². The summed E-state index contributed by atoms with van der Waals surface area (Å²) in [6.45, 7) is 2.95. The molecule has 6 nitrogen and oxygen atoms in total. The molecule has 2 aromatic carbocycles. The lowest BCUT2D eigenvalue weighted by molar-refractivity contribution is -0.132. The van der Waals surface area contributed by atoms with Crippen molar-refractivity contribution in [3.05, 3.63) is 59.7 Å². The van der Waals surface area contributed by atoms with Crippen molar-refractivity contribution in [2.75, 3.05) is 19.8 Å². The third-order valence-corrected chi connectivity index (χ3v) is 3.28. The van der Waals surface area contributed by atoms with Crippen molar-refractivity contribution in [2.45, 2.75) is 6.92 Å². The van der Waals surface area contributed by atoms with Gasteiger partial charge >= 0.3 is 5.97 Å². The first-order chi connectivity index (χ1) is 12.6. The van der Waals surface area contributed by atoms with Crippen LogP contribution in [0.2, 0.25) is 0 Å². The Morgan fingerprint density at radius 3 is 2.46 bits per heavy atom. The molecule has 6 heteroatoms. The minimum atomic E-state index is -1.27. The van der Waals surface area contributed by atoms with Gasteiger partial charge in [-0.15, -0.1) is 0 Å². The number of nitriles is 1. The highest BCUT2D eigenvalue weighted by atomic mass is 16.5. The van der Waals surface area contributed by atoms with Crippen molar-refractivity contribution >= 4 is 12.0 Å². The lowest BCUT2D eigenvalue weighted by atomic mass is 10.1. The van der Waals surface area contributed by atoms with Crippen molar-refractivity contribution in [1.82, 2.24) is 0 Å². The highest BCUT2D eigenvalue weighted by Gasteiger charge is 2.09. The number of carboxylic acids is 1. The van der Waals surface area contributed by atoms with Crippen LogP contribution < -0.4 is 14.2 Å². The summed E-state index contributed by atoms with van der Waals surface area (Å²) in [6.07, 6.45) is 1.28. The minimum Gasteiger partial charge on any atom is -0.490 e. The van der Waals surface area contributed by atoms with E-state index in [4.69, 9.17) is 24.6 Å². The van der Waals surface area contributed by atoms with E-state index in [1.807, 2.05) is 37.3 Å². The molecule has 0 aliphatic heterocycles. The van der Waals surface area contributed by atoms with E-state index in [0.717, 1.165) is 5.75 Å². The van der Waals surface area contributed by atoms with Crippen LogP contribution in [0.3, 0.4) is 0 Å². The molecule has 0 unspecified atom stereocenters. The molecule has 2 rings (SSSR count). The highest BCUT2D eigenvalue weighted by molar-refractivity contribution is 5.96. The predicted molar refractivity (Wildman–Crippen MR) is 96.3 cm³/mol. The Bertz CT molecular complexity index is 809. The zero-order chi connectivity index (χ0) is 18.8. The normalized spacial score (nSPS) is 10.7. The summed E-state index contributed by atoms with van der Waals surface area (Å²) in [5.74, 6) is 0.487. The van der Waals surface area contributed by atoms with Crippen molar-refractivity contribution in [2.24, 2.45) is 0 Å². The van der Waals surface area contributed by atoms with Crippen LogP contribution in [0, 0.1) is 11.3 Å². The molecule has 2 aromatic rings. The molecule has 0 heterocycles. The van der Waals surface area contributed by atoms with Gasteiger partial charge in [0.05, 0.1) is 6.61 Å². The first-order valence-corrected chi connectivity index (χ1v) is 8.06. The fraction of sp³-hybridized carbons (Fsp3) is 0.200. The molecule has 0 saturated heterocycles. The molecular formula is C20H19NO5. The highest BCUT2D eigenvalue weighted by Crippen LogP contribution is 2.29. The summed E-state index contributed by atoms with van der Waals surface area (Å²) < 4.78 is 16.8. The lowest BCUT2D eigenvalue weighted by Crippen LogP contribution is -2.10. The van der Waals surface area contributed by atoms with Gasteiger partial charge in [0.15, 0.2) is 11.5 Å². The fourth-order valence-electron chi connectivity index (χ4n) is 2.14.